The second-order valence-corrected chi connectivity index (χ2v) is 6.39. The van der Waals surface area contributed by atoms with Gasteiger partial charge in [-0.15, -0.1) is 3.89 Å². The van der Waals surface area contributed by atoms with E-state index in [9.17, 15) is 17.1 Å². The monoisotopic (exact) mass is 309 g/mol. The Kier molecular flexibility index (Phi) is 3.25. The first-order chi connectivity index (χ1) is 9.95. The predicted octanol–water partition coefficient (Wildman–Crippen LogP) is 1.28. The van der Waals surface area contributed by atoms with Gasteiger partial charge in [-0.25, -0.2) is 4.68 Å². The molecule has 2 heterocycles. The fourth-order valence-electron chi connectivity index (χ4n) is 2.34. The lowest BCUT2D eigenvalue weighted by Crippen LogP contribution is -2.26. The maximum atomic E-state index is 13.0. The van der Waals surface area contributed by atoms with Crippen LogP contribution >= 0.6 is 0 Å². The minimum Gasteiger partial charge on any atom is -0.311 e. The fourth-order valence-corrected chi connectivity index (χ4v) is 3.01. The lowest BCUT2D eigenvalue weighted by Gasteiger charge is -2.17. The van der Waals surface area contributed by atoms with Gasteiger partial charge in [0.2, 0.25) is 5.91 Å². The van der Waals surface area contributed by atoms with Gasteiger partial charge < -0.3 is 4.90 Å². The van der Waals surface area contributed by atoms with Crippen LogP contribution in [-0.4, -0.2) is 35.9 Å². The van der Waals surface area contributed by atoms with Crippen LogP contribution in [-0.2, 0) is 15.0 Å². The Morgan fingerprint density at radius 1 is 1.24 bits per heavy atom. The van der Waals surface area contributed by atoms with E-state index in [1.807, 2.05) is 0 Å². The molecule has 1 amide bonds. The molecule has 21 heavy (non-hydrogen) atoms. The molecule has 1 fully saturated rings. The molecule has 3 rings (SSSR count). The van der Waals surface area contributed by atoms with Gasteiger partial charge in [0.25, 0.3) is 0 Å². The quantitative estimate of drug-likeness (QED) is 0.801. The summed E-state index contributed by atoms with van der Waals surface area (Å²) in [6, 6.07) is 8.69. The van der Waals surface area contributed by atoms with Crippen LogP contribution in [0.2, 0.25) is 0 Å². The molecule has 6 nitrogen and oxygen atoms in total. The summed E-state index contributed by atoms with van der Waals surface area (Å²) in [6.45, 7) is -0.166. The third-order valence-electron chi connectivity index (χ3n) is 3.40. The molecule has 1 aliphatic heterocycles. The number of benzene rings is 1. The van der Waals surface area contributed by atoms with E-state index in [0.717, 1.165) is 5.69 Å². The lowest BCUT2D eigenvalue weighted by molar-refractivity contribution is -0.117. The molecule has 1 aromatic carbocycles. The van der Waals surface area contributed by atoms with E-state index in [2.05, 4.69) is 5.10 Å². The molecule has 8 heteroatoms. The van der Waals surface area contributed by atoms with Crippen molar-refractivity contribution < 1.29 is 17.1 Å². The van der Waals surface area contributed by atoms with Crippen molar-refractivity contribution >= 4 is 21.8 Å². The van der Waals surface area contributed by atoms with Crippen molar-refractivity contribution in [3.63, 3.8) is 0 Å². The Labute approximate surface area is 121 Å². The number of hydrogen-bond acceptors (Lipinski definition) is 4. The third-order valence-corrected chi connectivity index (χ3v) is 4.51. The van der Waals surface area contributed by atoms with Crippen molar-refractivity contribution in [3.05, 3.63) is 42.7 Å². The zero-order valence-electron chi connectivity index (χ0n) is 10.9. The smallest absolute Gasteiger partial charge is 0.307 e. The average molecular weight is 309 g/mol. The van der Waals surface area contributed by atoms with E-state index < -0.39 is 21.4 Å². The Balaban J connectivity index is 1.91. The summed E-state index contributed by atoms with van der Waals surface area (Å²) in [5.41, 5.74) is 1.26. The van der Waals surface area contributed by atoms with E-state index in [1.165, 1.54) is 4.90 Å². The van der Waals surface area contributed by atoms with Gasteiger partial charge in [-0.2, -0.15) is 13.5 Å². The van der Waals surface area contributed by atoms with Gasteiger partial charge >= 0.3 is 10.2 Å². The van der Waals surface area contributed by atoms with Crippen molar-refractivity contribution in [2.45, 2.75) is 11.7 Å². The Morgan fingerprint density at radius 3 is 2.62 bits per heavy atom. The van der Waals surface area contributed by atoms with E-state index in [-0.39, 0.29) is 13.0 Å². The van der Waals surface area contributed by atoms with E-state index in [0.29, 0.717) is 5.69 Å². The Hall–Kier alpha value is -2.22. The normalized spacial score (nSPS) is 19.2. The highest BCUT2D eigenvalue weighted by Crippen LogP contribution is 2.27. The molecular formula is C13H12FN3O3S. The molecule has 1 aliphatic rings. The predicted molar refractivity (Wildman–Crippen MR) is 74.3 cm³/mol. The standard InChI is InChI=1S/C13H12FN3O3S/c14-21(19,20)12-8-13(18)16(9-12)10-3-1-4-11(7-10)17-6-2-5-15-17/h1-7,12H,8-9H2. The molecule has 110 valence electrons. The van der Waals surface area contributed by atoms with E-state index in [1.54, 1.807) is 47.4 Å². The number of hydrogen-bond donors (Lipinski definition) is 0. The first-order valence-corrected chi connectivity index (χ1v) is 7.74. The number of anilines is 1. The van der Waals surface area contributed by atoms with Gasteiger partial charge in [-0.3, -0.25) is 4.79 Å². The van der Waals surface area contributed by atoms with Crippen LogP contribution in [0.5, 0.6) is 0 Å². The molecule has 2 aromatic rings. The van der Waals surface area contributed by atoms with Crippen molar-refractivity contribution in [1.29, 1.82) is 0 Å². The second-order valence-electron chi connectivity index (χ2n) is 4.78. The molecule has 0 bridgehead atoms. The molecule has 1 aromatic heterocycles. The highest BCUT2D eigenvalue weighted by Gasteiger charge is 2.39. The maximum absolute atomic E-state index is 13.0. The molecule has 0 aliphatic carbocycles. The number of nitrogens with zero attached hydrogens (tertiary/aromatic N) is 3. The first kappa shape index (κ1) is 13.7. The highest BCUT2D eigenvalue weighted by atomic mass is 32.3. The van der Waals surface area contributed by atoms with Crippen molar-refractivity contribution in [1.82, 2.24) is 9.78 Å². The summed E-state index contributed by atoms with van der Waals surface area (Å²) in [5, 5.41) is 2.79. The van der Waals surface area contributed by atoms with Gasteiger partial charge in [0.1, 0.15) is 5.25 Å². The summed E-state index contributed by atoms with van der Waals surface area (Å²) >= 11 is 0. The minimum absolute atomic E-state index is 0.166. The van der Waals surface area contributed by atoms with Crippen LogP contribution in [0.3, 0.4) is 0 Å². The Bertz CT molecular complexity index is 774. The molecule has 1 atom stereocenters. The number of amides is 1. The zero-order valence-corrected chi connectivity index (χ0v) is 11.7. The maximum Gasteiger partial charge on any atom is 0.307 e. The van der Waals surface area contributed by atoms with Crippen LogP contribution in [0.25, 0.3) is 5.69 Å². The molecule has 1 unspecified atom stereocenters. The topological polar surface area (TPSA) is 72.3 Å². The van der Waals surface area contributed by atoms with Crippen molar-refractivity contribution in [3.8, 4) is 5.69 Å². The molecule has 0 saturated carbocycles. The molecule has 0 N–H and O–H groups in total. The molecule has 0 spiro atoms. The zero-order chi connectivity index (χ0) is 15.0. The van der Waals surface area contributed by atoms with Crippen LogP contribution in [0.15, 0.2) is 42.7 Å². The fraction of sp³-hybridized carbons (Fsp3) is 0.231. The molecule has 1 saturated heterocycles. The van der Waals surface area contributed by atoms with Crippen LogP contribution in [0.1, 0.15) is 6.42 Å². The van der Waals surface area contributed by atoms with Crippen LogP contribution in [0.4, 0.5) is 9.57 Å². The molecule has 0 radical (unpaired) electrons. The lowest BCUT2D eigenvalue weighted by atomic mass is 10.2. The SMILES string of the molecule is O=C1CC(S(=O)(=O)F)CN1c1cccc(-n2cccn2)c1. The number of halogens is 1. The van der Waals surface area contributed by atoms with Gasteiger partial charge in [-0.1, -0.05) is 6.07 Å². The van der Waals surface area contributed by atoms with Gasteiger partial charge in [-0.05, 0) is 24.3 Å². The van der Waals surface area contributed by atoms with Gasteiger partial charge in [0.15, 0.2) is 0 Å². The number of carbonyl (C=O) groups is 1. The number of aromatic nitrogens is 2. The van der Waals surface area contributed by atoms with Gasteiger partial charge in [0, 0.05) is 31.0 Å². The second kappa shape index (κ2) is 4.96. The largest absolute Gasteiger partial charge is 0.311 e. The van der Waals surface area contributed by atoms with E-state index >= 15 is 0 Å². The summed E-state index contributed by atoms with van der Waals surface area (Å²) in [6.07, 6.45) is 3.05. The van der Waals surface area contributed by atoms with Crippen LogP contribution < -0.4 is 4.90 Å². The summed E-state index contributed by atoms with van der Waals surface area (Å²) in [7, 11) is -4.71. The summed E-state index contributed by atoms with van der Waals surface area (Å²) < 4.78 is 36.6. The van der Waals surface area contributed by atoms with Crippen molar-refractivity contribution in [2.75, 3.05) is 11.4 Å². The van der Waals surface area contributed by atoms with Crippen molar-refractivity contribution in [2.24, 2.45) is 0 Å². The third kappa shape index (κ3) is 2.66. The number of rotatable bonds is 3. The van der Waals surface area contributed by atoms with Crippen LogP contribution in [0, 0.1) is 0 Å². The van der Waals surface area contributed by atoms with Gasteiger partial charge in [0.05, 0.1) is 5.69 Å². The summed E-state index contributed by atoms with van der Waals surface area (Å²) in [5.74, 6) is -0.404. The van der Waals surface area contributed by atoms with E-state index in [4.69, 9.17) is 0 Å². The minimum atomic E-state index is -4.71. The average Bonchev–Trinajstić information content (AvgIpc) is 3.07. The molecular weight excluding hydrogens is 297 g/mol. The number of carbonyl (C=O) groups excluding carboxylic acids is 1. The highest BCUT2D eigenvalue weighted by molar-refractivity contribution is 7.87. The Morgan fingerprint density at radius 2 is 2.00 bits per heavy atom. The summed E-state index contributed by atoms with van der Waals surface area (Å²) in [4.78, 5) is 13.2. The first-order valence-electron chi connectivity index (χ1n) is 6.29.